The van der Waals surface area contributed by atoms with Crippen LogP contribution in [0, 0.1) is 12.8 Å². The third-order valence-electron chi connectivity index (χ3n) is 2.42. The molecule has 2 rings (SSSR count). The average molecular weight is 193 g/mol. The highest BCUT2D eigenvalue weighted by Crippen LogP contribution is 2.31. The number of nitrogens with one attached hydrogen (secondary N) is 2. The van der Waals surface area contributed by atoms with Gasteiger partial charge in [-0.15, -0.1) is 0 Å². The Morgan fingerprint density at radius 3 is 3.07 bits per heavy atom. The van der Waals surface area contributed by atoms with Crippen molar-refractivity contribution in [3.05, 3.63) is 22.2 Å². The topological polar surface area (TPSA) is 57.8 Å². The molecule has 1 aromatic rings. The second kappa shape index (κ2) is 3.82. The van der Waals surface area contributed by atoms with E-state index in [4.69, 9.17) is 0 Å². The van der Waals surface area contributed by atoms with Crippen LogP contribution in [0.1, 0.15) is 25.1 Å². The van der Waals surface area contributed by atoms with Crippen LogP contribution >= 0.6 is 0 Å². The zero-order valence-electron chi connectivity index (χ0n) is 8.34. The van der Waals surface area contributed by atoms with E-state index in [0.717, 1.165) is 12.5 Å². The molecule has 0 bridgehead atoms. The first-order valence-corrected chi connectivity index (χ1v) is 5.06. The lowest BCUT2D eigenvalue weighted by molar-refractivity contribution is 0.757. The standard InChI is InChI=1S/C10H15N3O/c1-7-12-9(6-10(14)13-7)11-5-4-8-2-3-8/h6,8H,2-5H2,1H3,(H2,11,12,13,14). The van der Waals surface area contributed by atoms with Gasteiger partial charge in [0.1, 0.15) is 11.6 Å². The van der Waals surface area contributed by atoms with Gasteiger partial charge in [0.2, 0.25) is 0 Å². The first kappa shape index (κ1) is 9.24. The molecule has 1 aliphatic rings. The van der Waals surface area contributed by atoms with Crippen molar-refractivity contribution in [3.63, 3.8) is 0 Å². The van der Waals surface area contributed by atoms with Gasteiger partial charge in [0.25, 0.3) is 5.56 Å². The Morgan fingerprint density at radius 1 is 1.64 bits per heavy atom. The van der Waals surface area contributed by atoms with Gasteiger partial charge in [-0.3, -0.25) is 4.79 Å². The molecule has 14 heavy (non-hydrogen) atoms. The Bertz CT molecular complexity index is 368. The normalized spacial score (nSPS) is 15.5. The summed E-state index contributed by atoms with van der Waals surface area (Å²) in [6.07, 6.45) is 3.92. The minimum Gasteiger partial charge on any atom is -0.370 e. The number of H-pyrrole nitrogens is 1. The van der Waals surface area contributed by atoms with E-state index in [1.807, 2.05) is 0 Å². The van der Waals surface area contributed by atoms with Gasteiger partial charge in [-0.05, 0) is 19.3 Å². The summed E-state index contributed by atoms with van der Waals surface area (Å²) < 4.78 is 0. The highest BCUT2D eigenvalue weighted by atomic mass is 16.1. The van der Waals surface area contributed by atoms with E-state index in [0.29, 0.717) is 11.6 Å². The second-order valence-electron chi connectivity index (χ2n) is 3.87. The predicted octanol–water partition coefficient (Wildman–Crippen LogP) is 1.29. The second-order valence-corrected chi connectivity index (χ2v) is 3.87. The third kappa shape index (κ3) is 2.58. The molecule has 0 aliphatic heterocycles. The van der Waals surface area contributed by atoms with Crippen molar-refractivity contribution in [1.82, 2.24) is 9.97 Å². The van der Waals surface area contributed by atoms with Crippen LogP contribution in [0.15, 0.2) is 10.9 Å². The van der Waals surface area contributed by atoms with Crippen molar-refractivity contribution in [1.29, 1.82) is 0 Å². The maximum absolute atomic E-state index is 11.1. The molecule has 0 spiro atoms. The molecule has 1 saturated carbocycles. The maximum atomic E-state index is 11.1. The molecule has 0 aromatic carbocycles. The van der Waals surface area contributed by atoms with Crippen molar-refractivity contribution in [2.24, 2.45) is 5.92 Å². The fourth-order valence-corrected chi connectivity index (χ4v) is 1.48. The number of nitrogens with zero attached hydrogens (tertiary/aromatic N) is 1. The minimum absolute atomic E-state index is 0.0913. The number of rotatable bonds is 4. The van der Waals surface area contributed by atoms with E-state index in [9.17, 15) is 4.79 Å². The summed E-state index contributed by atoms with van der Waals surface area (Å²) in [6.45, 7) is 2.70. The molecule has 2 N–H and O–H groups in total. The Hall–Kier alpha value is -1.32. The summed E-state index contributed by atoms with van der Waals surface area (Å²) in [5, 5.41) is 3.17. The molecule has 1 aliphatic carbocycles. The van der Waals surface area contributed by atoms with Crippen LogP contribution in [0.5, 0.6) is 0 Å². The number of hydrogen-bond acceptors (Lipinski definition) is 3. The zero-order valence-corrected chi connectivity index (χ0v) is 8.34. The summed E-state index contributed by atoms with van der Waals surface area (Å²) in [4.78, 5) is 17.9. The zero-order chi connectivity index (χ0) is 9.97. The average Bonchev–Trinajstić information content (AvgIpc) is 2.86. The summed E-state index contributed by atoms with van der Waals surface area (Å²) in [7, 11) is 0. The molecule has 0 atom stereocenters. The van der Waals surface area contributed by atoms with Gasteiger partial charge in [0.05, 0.1) is 0 Å². The molecule has 1 fully saturated rings. The number of aromatic nitrogens is 2. The van der Waals surface area contributed by atoms with Crippen molar-refractivity contribution < 1.29 is 0 Å². The molecule has 1 heterocycles. The van der Waals surface area contributed by atoms with E-state index >= 15 is 0 Å². The fraction of sp³-hybridized carbons (Fsp3) is 0.600. The van der Waals surface area contributed by atoms with Crippen LogP contribution < -0.4 is 10.9 Å². The number of anilines is 1. The summed E-state index contributed by atoms with van der Waals surface area (Å²) in [6, 6.07) is 1.50. The summed E-state index contributed by atoms with van der Waals surface area (Å²) in [5.74, 6) is 2.25. The molecular weight excluding hydrogens is 178 g/mol. The van der Waals surface area contributed by atoms with Gasteiger partial charge >= 0.3 is 0 Å². The van der Waals surface area contributed by atoms with Crippen LogP contribution in [0.3, 0.4) is 0 Å². The lowest BCUT2D eigenvalue weighted by Gasteiger charge is -2.04. The largest absolute Gasteiger partial charge is 0.370 e. The van der Waals surface area contributed by atoms with Gasteiger partial charge in [-0.1, -0.05) is 12.8 Å². The highest BCUT2D eigenvalue weighted by Gasteiger charge is 2.20. The Morgan fingerprint density at radius 2 is 2.43 bits per heavy atom. The number of aromatic amines is 1. The maximum Gasteiger partial charge on any atom is 0.252 e. The lowest BCUT2D eigenvalue weighted by atomic mass is 10.3. The van der Waals surface area contributed by atoms with E-state index in [1.165, 1.54) is 25.3 Å². The van der Waals surface area contributed by atoms with E-state index in [1.54, 1.807) is 6.92 Å². The first-order valence-electron chi connectivity index (χ1n) is 5.06. The van der Waals surface area contributed by atoms with Crippen molar-refractivity contribution in [2.45, 2.75) is 26.2 Å². The van der Waals surface area contributed by atoms with Crippen LogP contribution in [-0.2, 0) is 0 Å². The third-order valence-corrected chi connectivity index (χ3v) is 2.42. The van der Waals surface area contributed by atoms with E-state index in [-0.39, 0.29) is 5.56 Å². The van der Waals surface area contributed by atoms with Gasteiger partial charge in [-0.2, -0.15) is 0 Å². The SMILES string of the molecule is Cc1nc(NCCC2CC2)cc(=O)[nH]1. The van der Waals surface area contributed by atoms with Crippen LogP contribution in [0.4, 0.5) is 5.82 Å². The van der Waals surface area contributed by atoms with E-state index in [2.05, 4.69) is 15.3 Å². The predicted molar refractivity (Wildman–Crippen MR) is 55.4 cm³/mol. The fourth-order valence-electron chi connectivity index (χ4n) is 1.48. The molecule has 1 aromatic heterocycles. The van der Waals surface area contributed by atoms with Crippen LogP contribution in [-0.4, -0.2) is 16.5 Å². The first-order chi connectivity index (χ1) is 6.74. The van der Waals surface area contributed by atoms with Gasteiger partial charge < -0.3 is 10.3 Å². The Balaban J connectivity index is 1.90. The van der Waals surface area contributed by atoms with Crippen molar-refractivity contribution in [2.75, 3.05) is 11.9 Å². The molecule has 4 heteroatoms. The van der Waals surface area contributed by atoms with Crippen molar-refractivity contribution >= 4 is 5.82 Å². The van der Waals surface area contributed by atoms with Crippen molar-refractivity contribution in [3.8, 4) is 0 Å². The number of hydrogen-bond donors (Lipinski definition) is 2. The Labute approximate surface area is 82.8 Å². The van der Waals surface area contributed by atoms with Gasteiger partial charge in [-0.25, -0.2) is 4.98 Å². The molecule has 0 unspecified atom stereocenters. The monoisotopic (exact) mass is 193 g/mol. The molecule has 4 nitrogen and oxygen atoms in total. The number of aryl methyl sites for hydroxylation is 1. The van der Waals surface area contributed by atoms with E-state index < -0.39 is 0 Å². The van der Waals surface area contributed by atoms with Crippen LogP contribution in [0.25, 0.3) is 0 Å². The highest BCUT2D eigenvalue weighted by molar-refractivity contribution is 5.32. The molecule has 0 radical (unpaired) electrons. The molecule has 76 valence electrons. The smallest absolute Gasteiger partial charge is 0.252 e. The van der Waals surface area contributed by atoms with Gasteiger partial charge in [0, 0.05) is 12.6 Å². The summed E-state index contributed by atoms with van der Waals surface area (Å²) >= 11 is 0. The molecular formula is C10H15N3O. The van der Waals surface area contributed by atoms with Crippen LogP contribution in [0.2, 0.25) is 0 Å². The molecule has 0 saturated heterocycles. The minimum atomic E-state index is -0.0913. The van der Waals surface area contributed by atoms with Gasteiger partial charge in [0.15, 0.2) is 0 Å². The Kier molecular flexibility index (Phi) is 2.52. The quantitative estimate of drug-likeness (QED) is 0.757. The summed E-state index contributed by atoms with van der Waals surface area (Å²) in [5.41, 5.74) is -0.0913. The lowest BCUT2D eigenvalue weighted by Crippen LogP contribution is -2.12. The molecule has 0 amide bonds.